The van der Waals surface area contributed by atoms with Crippen molar-refractivity contribution in [3.05, 3.63) is 39.5 Å². The Morgan fingerprint density at radius 3 is 2.87 bits per heavy atom. The first-order valence-corrected chi connectivity index (χ1v) is 14.7. The minimum absolute atomic E-state index is 0.00679. The van der Waals surface area contributed by atoms with Crippen molar-refractivity contribution in [1.29, 1.82) is 5.26 Å². The molecule has 10 heteroatoms. The van der Waals surface area contributed by atoms with E-state index in [1.807, 2.05) is 25.1 Å². The van der Waals surface area contributed by atoms with Crippen LogP contribution in [0.15, 0.2) is 21.8 Å². The third-order valence-electron chi connectivity index (χ3n) is 8.51. The topological polar surface area (TPSA) is 104 Å². The lowest BCUT2D eigenvalue weighted by atomic mass is 9.62. The smallest absolute Gasteiger partial charge is 0.317 e. The van der Waals surface area contributed by atoms with Crippen LogP contribution in [-0.4, -0.2) is 71.1 Å². The summed E-state index contributed by atoms with van der Waals surface area (Å²) in [6, 6.07) is 5.10. The van der Waals surface area contributed by atoms with Crippen LogP contribution in [0.25, 0.3) is 11.5 Å². The van der Waals surface area contributed by atoms with Gasteiger partial charge in [0.25, 0.3) is 0 Å². The molecule has 0 bridgehead atoms. The van der Waals surface area contributed by atoms with E-state index < -0.39 is 0 Å². The average Bonchev–Trinajstić information content (AvgIpc) is 3.65. The van der Waals surface area contributed by atoms with Crippen LogP contribution in [0.5, 0.6) is 6.01 Å². The fourth-order valence-corrected chi connectivity index (χ4v) is 8.00. The molecule has 2 aliphatic carbocycles. The molecule has 1 saturated heterocycles. The van der Waals surface area contributed by atoms with Gasteiger partial charge in [0, 0.05) is 42.2 Å². The van der Waals surface area contributed by atoms with E-state index in [2.05, 4.69) is 34.9 Å². The minimum atomic E-state index is -0.329. The van der Waals surface area contributed by atoms with Crippen molar-refractivity contribution < 1.29 is 9.26 Å². The van der Waals surface area contributed by atoms with Crippen LogP contribution < -0.4 is 4.74 Å². The molecule has 0 saturated carbocycles. The molecule has 0 radical (unpaired) electrons. The molecule has 1 aliphatic heterocycles. The van der Waals surface area contributed by atoms with E-state index in [9.17, 15) is 5.26 Å². The molecule has 0 N–H and O–H groups in total. The number of nitrogens with zero attached hydrogens (tertiary/aromatic N) is 7. The Hall–Kier alpha value is -3.29. The maximum atomic E-state index is 10.3. The van der Waals surface area contributed by atoms with E-state index >= 15 is 0 Å². The fraction of sp³-hybridized carbons (Fsp3) is 0.552. The third-order valence-corrected chi connectivity index (χ3v) is 9.67. The van der Waals surface area contributed by atoms with Gasteiger partial charge in [-0.3, -0.25) is 4.90 Å². The largest absolute Gasteiger partial charge is 0.459 e. The van der Waals surface area contributed by atoms with Crippen LogP contribution >= 0.6 is 11.3 Å². The zero-order valence-corrected chi connectivity index (χ0v) is 23.9. The predicted molar refractivity (Wildman–Crippen MR) is 151 cm³/mol. The second-order valence-electron chi connectivity index (χ2n) is 11.3. The van der Waals surface area contributed by atoms with Gasteiger partial charge in [-0.2, -0.15) is 10.2 Å². The second kappa shape index (κ2) is 10.4. The number of ether oxygens (including phenoxy) is 1. The summed E-state index contributed by atoms with van der Waals surface area (Å²) in [5, 5.41) is 15.7. The van der Waals surface area contributed by atoms with Gasteiger partial charge in [-0.15, -0.1) is 11.3 Å². The lowest BCUT2D eigenvalue weighted by molar-refractivity contribution is 0.112. The highest BCUT2D eigenvalue weighted by atomic mass is 32.1. The Labute approximate surface area is 233 Å². The van der Waals surface area contributed by atoms with Crippen LogP contribution in [-0.2, 0) is 18.3 Å². The Kier molecular flexibility index (Phi) is 6.89. The number of likely N-dealkylation sites (tertiary alicyclic amines) is 1. The Morgan fingerprint density at radius 2 is 2.13 bits per heavy atom. The molecule has 9 nitrogen and oxygen atoms in total. The van der Waals surface area contributed by atoms with E-state index in [0.29, 0.717) is 29.1 Å². The molecule has 1 fully saturated rings. The van der Waals surface area contributed by atoms with E-state index in [-0.39, 0.29) is 11.5 Å². The molecule has 4 heterocycles. The van der Waals surface area contributed by atoms with Gasteiger partial charge in [0.05, 0.1) is 17.6 Å². The summed E-state index contributed by atoms with van der Waals surface area (Å²) in [5.41, 5.74) is 4.23. The van der Waals surface area contributed by atoms with Crippen LogP contribution in [0.1, 0.15) is 72.7 Å². The summed E-state index contributed by atoms with van der Waals surface area (Å²) >= 11 is 1.65. The van der Waals surface area contributed by atoms with Crippen molar-refractivity contribution in [2.45, 2.75) is 75.9 Å². The molecular formula is C29H35N7O2S. The summed E-state index contributed by atoms with van der Waals surface area (Å²) in [7, 11) is 6.02. The van der Waals surface area contributed by atoms with Crippen LogP contribution in [0.2, 0.25) is 0 Å². The van der Waals surface area contributed by atoms with Gasteiger partial charge in [-0.25, -0.2) is 9.98 Å². The maximum absolute atomic E-state index is 10.3. The van der Waals surface area contributed by atoms with Gasteiger partial charge < -0.3 is 14.2 Å². The third kappa shape index (κ3) is 4.51. The van der Waals surface area contributed by atoms with E-state index in [4.69, 9.17) is 19.4 Å². The molecule has 3 aliphatic rings. The molecule has 6 rings (SSSR count). The van der Waals surface area contributed by atoms with Crippen LogP contribution in [0, 0.1) is 11.3 Å². The highest BCUT2D eigenvalue weighted by Gasteiger charge is 2.48. The van der Waals surface area contributed by atoms with Gasteiger partial charge in [0.15, 0.2) is 5.76 Å². The highest BCUT2D eigenvalue weighted by molar-refractivity contribution is 7.16. The van der Waals surface area contributed by atoms with Crippen LogP contribution in [0.3, 0.4) is 0 Å². The van der Waals surface area contributed by atoms with E-state index in [1.54, 1.807) is 23.9 Å². The van der Waals surface area contributed by atoms with Crippen molar-refractivity contribution >= 4 is 22.7 Å². The quantitative estimate of drug-likeness (QED) is 0.311. The molecule has 0 aromatic carbocycles. The number of nitriles is 1. The molecule has 204 valence electrons. The number of aliphatic imine (C=N–C) groups is 1. The van der Waals surface area contributed by atoms with Gasteiger partial charge >= 0.3 is 6.01 Å². The summed E-state index contributed by atoms with van der Waals surface area (Å²) in [6.45, 7) is 3.18. The highest BCUT2D eigenvalue weighted by Crippen LogP contribution is 2.55. The minimum Gasteiger partial charge on any atom is -0.459 e. The lowest BCUT2D eigenvalue weighted by Crippen LogP contribution is -2.38. The molecule has 3 aromatic heterocycles. The Bertz CT molecular complexity index is 1430. The number of hydrogen-bond acceptors (Lipinski definition) is 9. The number of rotatable bonds is 6. The van der Waals surface area contributed by atoms with Crippen molar-refractivity contribution in [1.82, 2.24) is 24.9 Å². The molecule has 0 amide bonds. The average molecular weight is 546 g/mol. The first-order valence-electron chi connectivity index (χ1n) is 13.9. The molecule has 1 spiro atoms. The number of likely N-dealkylation sites (N-methyl/N-ethyl adjacent to an activating group) is 1. The second-order valence-corrected chi connectivity index (χ2v) is 12.3. The van der Waals surface area contributed by atoms with Crippen LogP contribution in [0.4, 0.5) is 5.00 Å². The SMILES string of the molecule is C[C@H](Oc1nccc(-c2onc3c2CCC[C@@]32CCCc3sc(/N=C/N(C)C)c(C#N)c32)n1)[C@@H]1CCCN1C. The number of hydrogen-bond donors (Lipinski definition) is 0. The fourth-order valence-electron chi connectivity index (χ4n) is 6.77. The number of thiophene rings is 1. The van der Waals surface area contributed by atoms with Gasteiger partial charge in [0.2, 0.25) is 0 Å². The molecule has 0 unspecified atom stereocenters. The Morgan fingerprint density at radius 1 is 1.31 bits per heavy atom. The summed E-state index contributed by atoms with van der Waals surface area (Å²) < 4.78 is 12.3. The van der Waals surface area contributed by atoms with E-state index in [0.717, 1.165) is 73.3 Å². The van der Waals surface area contributed by atoms with Crippen molar-refractivity contribution in [3.8, 4) is 23.5 Å². The number of aryl methyl sites for hydroxylation is 1. The summed E-state index contributed by atoms with van der Waals surface area (Å²) in [5.74, 6) is 0.689. The monoisotopic (exact) mass is 545 g/mol. The predicted octanol–water partition coefficient (Wildman–Crippen LogP) is 5.11. The number of fused-ring (bicyclic) bond motifs is 4. The maximum Gasteiger partial charge on any atom is 0.317 e. The molecule has 3 atom stereocenters. The molecule has 39 heavy (non-hydrogen) atoms. The normalized spacial score (nSPS) is 23.5. The van der Waals surface area contributed by atoms with Crippen molar-refractivity contribution in [3.63, 3.8) is 0 Å². The first kappa shape index (κ1) is 26.0. The van der Waals surface area contributed by atoms with E-state index in [1.165, 1.54) is 11.3 Å². The van der Waals surface area contributed by atoms with Gasteiger partial charge in [0.1, 0.15) is 22.9 Å². The zero-order valence-electron chi connectivity index (χ0n) is 23.1. The summed E-state index contributed by atoms with van der Waals surface area (Å²) in [4.78, 5) is 19.3. The number of aromatic nitrogens is 3. The lowest BCUT2D eigenvalue weighted by Gasteiger charge is -2.39. The van der Waals surface area contributed by atoms with Gasteiger partial charge in [-0.1, -0.05) is 5.16 Å². The standard InChI is InChI=1S/C29H35N7O2S/c1-18(22-9-7-15-36(22)4)37-28-31-14-11-21(33-28)25-19-8-5-12-29(26(19)34-38-25)13-6-10-23-24(29)20(16-30)27(39-23)32-17-35(2)3/h11,14,17-18,22H,5-10,12-13,15H2,1-4H3/b32-17+/t18-,22-,29-/m0/s1. The van der Waals surface area contributed by atoms with Crippen molar-refractivity contribution in [2.24, 2.45) is 4.99 Å². The molecular weight excluding hydrogens is 510 g/mol. The summed E-state index contributed by atoms with van der Waals surface area (Å²) in [6.07, 6.45) is 11.6. The first-order chi connectivity index (χ1) is 18.9. The molecule has 3 aromatic rings. The Balaban J connectivity index is 1.36. The van der Waals surface area contributed by atoms with Crippen molar-refractivity contribution in [2.75, 3.05) is 27.7 Å². The zero-order chi connectivity index (χ0) is 27.1. The van der Waals surface area contributed by atoms with Gasteiger partial charge in [-0.05, 0) is 83.5 Å².